The second kappa shape index (κ2) is 6.74. The van der Waals surface area contributed by atoms with Crippen LogP contribution in [0.4, 0.5) is 11.5 Å². The lowest BCUT2D eigenvalue weighted by Gasteiger charge is -2.21. The van der Waals surface area contributed by atoms with Crippen molar-refractivity contribution < 1.29 is 4.79 Å². The van der Waals surface area contributed by atoms with Crippen LogP contribution in [0.5, 0.6) is 0 Å². The molecule has 1 aromatic heterocycles. The maximum Gasteiger partial charge on any atom is 0.276 e. The topological polar surface area (TPSA) is 69.3 Å². The summed E-state index contributed by atoms with van der Waals surface area (Å²) in [5.41, 5.74) is 11.4. The molecular formula is C21H21N5O. The predicted molar refractivity (Wildman–Crippen MR) is 108 cm³/mol. The van der Waals surface area contributed by atoms with Crippen molar-refractivity contribution in [2.45, 2.75) is 20.8 Å². The molecule has 1 aliphatic rings. The van der Waals surface area contributed by atoms with Gasteiger partial charge in [-0.05, 0) is 50.6 Å². The van der Waals surface area contributed by atoms with E-state index in [2.05, 4.69) is 34.3 Å². The van der Waals surface area contributed by atoms with E-state index in [9.17, 15) is 4.79 Å². The third-order valence-corrected chi connectivity index (χ3v) is 4.65. The van der Waals surface area contributed by atoms with Gasteiger partial charge < -0.3 is 5.32 Å². The van der Waals surface area contributed by atoms with Crippen LogP contribution >= 0.6 is 0 Å². The Bertz CT molecular complexity index is 1070. The molecule has 0 saturated heterocycles. The van der Waals surface area contributed by atoms with E-state index in [1.807, 2.05) is 61.3 Å². The van der Waals surface area contributed by atoms with Crippen LogP contribution in [0.1, 0.15) is 18.1 Å². The maximum absolute atomic E-state index is 12.7. The van der Waals surface area contributed by atoms with Gasteiger partial charge >= 0.3 is 0 Å². The Labute approximate surface area is 157 Å². The molecule has 0 radical (unpaired) electrons. The number of anilines is 2. The molecule has 6 nitrogen and oxygen atoms in total. The van der Waals surface area contributed by atoms with E-state index in [-0.39, 0.29) is 5.91 Å². The highest BCUT2D eigenvalue weighted by Gasteiger charge is 2.26. The van der Waals surface area contributed by atoms with Gasteiger partial charge in [0.05, 0.1) is 16.9 Å². The number of carbonyl (C=O) groups is 1. The zero-order valence-corrected chi connectivity index (χ0v) is 15.5. The number of fused-ring (bicyclic) bond motifs is 1. The smallest absolute Gasteiger partial charge is 0.276 e. The molecule has 6 heteroatoms. The average molecular weight is 359 g/mol. The van der Waals surface area contributed by atoms with E-state index in [0.29, 0.717) is 11.5 Å². The van der Waals surface area contributed by atoms with Gasteiger partial charge in [0.1, 0.15) is 11.5 Å². The van der Waals surface area contributed by atoms with Gasteiger partial charge in [0.15, 0.2) is 0 Å². The Morgan fingerprint density at radius 1 is 1.04 bits per heavy atom. The molecule has 0 aliphatic carbocycles. The Balaban J connectivity index is 1.58. The van der Waals surface area contributed by atoms with Crippen LogP contribution in [0.2, 0.25) is 0 Å². The Morgan fingerprint density at radius 2 is 1.85 bits per heavy atom. The number of nitrogens with zero attached hydrogens (tertiary/aromatic N) is 2. The molecular weight excluding hydrogens is 338 g/mol. The molecule has 3 aromatic rings. The van der Waals surface area contributed by atoms with Crippen LogP contribution in [0.3, 0.4) is 0 Å². The summed E-state index contributed by atoms with van der Waals surface area (Å²) in [5.74, 6) is 0.279. The molecule has 2 aromatic carbocycles. The number of pyridine rings is 1. The van der Waals surface area contributed by atoms with Crippen LogP contribution in [0.25, 0.3) is 10.9 Å². The number of hydrogen-bond donors (Lipinski definition) is 3. The minimum Gasteiger partial charge on any atom is -0.305 e. The van der Waals surface area contributed by atoms with Crippen molar-refractivity contribution in [2.75, 3.05) is 10.3 Å². The highest BCUT2D eigenvalue weighted by molar-refractivity contribution is 6.04. The normalized spacial score (nSPS) is 13.8. The first-order valence-corrected chi connectivity index (χ1v) is 8.80. The van der Waals surface area contributed by atoms with Crippen LogP contribution in [0.15, 0.2) is 66.0 Å². The third kappa shape index (κ3) is 3.22. The minimum atomic E-state index is -0.241. The monoisotopic (exact) mass is 359 g/mol. The number of rotatable bonds is 3. The summed E-state index contributed by atoms with van der Waals surface area (Å²) >= 11 is 0. The summed E-state index contributed by atoms with van der Waals surface area (Å²) in [4.78, 5) is 17.2. The van der Waals surface area contributed by atoms with Crippen molar-refractivity contribution >= 4 is 28.3 Å². The standard InChI is InChI=1S/C21H21N5O/c1-13-8-10-18(14(2)12-13)26-15(3)20(24-25-26)21(27)23-19-11-9-16-6-4-5-7-17(16)22-19/h4-12,24-25H,1-3H3,(H,22,23,27). The molecule has 3 N–H and O–H groups in total. The fourth-order valence-corrected chi connectivity index (χ4v) is 3.23. The van der Waals surface area contributed by atoms with Gasteiger partial charge in [0.25, 0.3) is 5.91 Å². The first-order chi connectivity index (χ1) is 13.0. The molecule has 27 heavy (non-hydrogen) atoms. The quantitative estimate of drug-likeness (QED) is 0.667. The lowest BCUT2D eigenvalue weighted by molar-refractivity contribution is -0.113. The number of amides is 1. The van der Waals surface area contributed by atoms with Crippen LogP contribution < -0.4 is 21.3 Å². The number of hydrogen-bond acceptors (Lipinski definition) is 5. The number of benzene rings is 2. The van der Waals surface area contributed by atoms with E-state index >= 15 is 0 Å². The zero-order valence-electron chi connectivity index (χ0n) is 15.5. The lowest BCUT2D eigenvalue weighted by atomic mass is 10.1. The van der Waals surface area contributed by atoms with Gasteiger partial charge in [-0.3, -0.25) is 15.2 Å². The number of allylic oxidation sites excluding steroid dienone is 1. The molecule has 0 atom stereocenters. The van der Waals surface area contributed by atoms with E-state index in [1.165, 1.54) is 5.56 Å². The molecule has 136 valence electrons. The molecule has 0 spiro atoms. The Kier molecular flexibility index (Phi) is 4.25. The van der Waals surface area contributed by atoms with Gasteiger partial charge in [-0.15, -0.1) is 5.53 Å². The van der Waals surface area contributed by atoms with E-state index in [1.54, 1.807) is 6.07 Å². The van der Waals surface area contributed by atoms with Gasteiger partial charge in [0.2, 0.25) is 0 Å². The molecule has 0 unspecified atom stereocenters. The first kappa shape index (κ1) is 17.1. The number of aromatic nitrogens is 1. The van der Waals surface area contributed by atoms with E-state index in [0.717, 1.165) is 27.9 Å². The molecule has 4 rings (SSSR count). The second-order valence-corrected chi connectivity index (χ2v) is 6.67. The minimum absolute atomic E-state index is 0.241. The van der Waals surface area contributed by atoms with Crippen LogP contribution in [-0.4, -0.2) is 10.9 Å². The van der Waals surface area contributed by atoms with Gasteiger partial charge in [-0.1, -0.05) is 35.9 Å². The molecule has 1 aliphatic heterocycles. The fraction of sp³-hybridized carbons (Fsp3) is 0.143. The van der Waals surface area contributed by atoms with Gasteiger partial charge in [-0.25, -0.2) is 4.98 Å². The largest absolute Gasteiger partial charge is 0.305 e. The summed E-state index contributed by atoms with van der Waals surface area (Å²) < 4.78 is 0. The molecule has 0 fully saturated rings. The van der Waals surface area contributed by atoms with Crippen LogP contribution in [-0.2, 0) is 4.79 Å². The third-order valence-electron chi connectivity index (χ3n) is 4.65. The lowest BCUT2D eigenvalue weighted by Crippen LogP contribution is -2.39. The predicted octanol–water partition coefficient (Wildman–Crippen LogP) is 3.55. The first-order valence-electron chi connectivity index (χ1n) is 8.80. The molecule has 1 amide bonds. The van der Waals surface area contributed by atoms with E-state index in [4.69, 9.17) is 0 Å². The second-order valence-electron chi connectivity index (χ2n) is 6.67. The Hall–Kier alpha value is -3.38. The summed E-state index contributed by atoms with van der Waals surface area (Å²) in [7, 11) is 0. The fourth-order valence-electron chi connectivity index (χ4n) is 3.23. The van der Waals surface area contributed by atoms with Crippen molar-refractivity contribution in [1.29, 1.82) is 0 Å². The summed E-state index contributed by atoms with van der Waals surface area (Å²) in [6, 6.07) is 17.8. The number of para-hydroxylation sites is 1. The molecule has 0 saturated carbocycles. The summed E-state index contributed by atoms with van der Waals surface area (Å²) in [6.45, 7) is 6.01. The van der Waals surface area contributed by atoms with Crippen LogP contribution in [0, 0.1) is 13.8 Å². The number of aryl methyl sites for hydroxylation is 2. The number of carbonyl (C=O) groups excluding carboxylic acids is 1. The summed E-state index contributed by atoms with van der Waals surface area (Å²) in [6.07, 6.45) is 0. The van der Waals surface area contributed by atoms with Crippen molar-refractivity contribution in [1.82, 2.24) is 15.9 Å². The average Bonchev–Trinajstić information content (AvgIpc) is 3.03. The SMILES string of the molecule is CC1=C(C(=O)Nc2ccc3ccccc3n2)NNN1c1ccc(C)cc1C. The van der Waals surface area contributed by atoms with Gasteiger partial charge in [-0.2, -0.15) is 0 Å². The highest BCUT2D eigenvalue weighted by Crippen LogP contribution is 2.26. The van der Waals surface area contributed by atoms with Crippen molar-refractivity contribution in [3.63, 3.8) is 0 Å². The molecule has 0 bridgehead atoms. The van der Waals surface area contributed by atoms with Crippen molar-refractivity contribution in [2.24, 2.45) is 0 Å². The summed E-state index contributed by atoms with van der Waals surface area (Å²) in [5, 5.41) is 5.77. The maximum atomic E-state index is 12.7. The Morgan fingerprint density at radius 3 is 2.67 bits per heavy atom. The van der Waals surface area contributed by atoms with Crippen molar-refractivity contribution in [3.8, 4) is 0 Å². The zero-order chi connectivity index (χ0) is 19.0. The number of nitrogens with one attached hydrogen (secondary N) is 3. The highest BCUT2D eigenvalue weighted by atomic mass is 16.2. The van der Waals surface area contributed by atoms with E-state index < -0.39 is 0 Å². The molecule has 2 heterocycles. The number of hydrazine groups is 2. The van der Waals surface area contributed by atoms with Gasteiger partial charge in [0, 0.05) is 5.39 Å². The van der Waals surface area contributed by atoms with Crippen molar-refractivity contribution in [3.05, 3.63) is 77.1 Å².